The van der Waals surface area contributed by atoms with E-state index >= 15 is 0 Å². The molecule has 0 amide bonds. The topological polar surface area (TPSA) is 78.9 Å². The summed E-state index contributed by atoms with van der Waals surface area (Å²) in [6, 6.07) is 0. The number of carbonyl (C=O) groups is 3. The van der Waals surface area contributed by atoms with Crippen LogP contribution in [-0.4, -0.2) is 37.2 Å². The summed E-state index contributed by atoms with van der Waals surface area (Å²) in [6.45, 7) is 6.68. The normalized spacial score (nSPS) is 12.1. The first-order valence-corrected chi connectivity index (χ1v) is 33.3. The number of unbranched alkanes of at least 4 members (excludes halogenated alkanes) is 47. The molecule has 0 fully saturated rings. The van der Waals surface area contributed by atoms with Crippen molar-refractivity contribution in [2.45, 2.75) is 380 Å². The molecule has 0 rings (SSSR count). The van der Waals surface area contributed by atoms with Gasteiger partial charge < -0.3 is 14.2 Å². The molecule has 0 aromatic heterocycles. The highest BCUT2D eigenvalue weighted by Crippen LogP contribution is 2.18. The molecule has 0 spiro atoms. The quantitative estimate of drug-likeness (QED) is 0.0261. The van der Waals surface area contributed by atoms with Gasteiger partial charge in [0.25, 0.3) is 0 Å². The summed E-state index contributed by atoms with van der Waals surface area (Å²) in [7, 11) is 0. The van der Waals surface area contributed by atoms with Gasteiger partial charge in [-0.2, -0.15) is 0 Å². The second-order valence-corrected chi connectivity index (χ2v) is 22.7. The number of ether oxygens (including phenoxy) is 3. The van der Waals surface area contributed by atoms with E-state index in [0.717, 1.165) is 70.6 Å². The number of esters is 3. The van der Waals surface area contributed by atoms with Crippen LogP contribution in [0.25, 0.3) is 0 Å². The second-order valence-electron chi connectivity index (χ2n) is 22.7. The molecule has 0 N–H and O–H groups in total. The maximum Gasteiger partial charge on any atom is 0.306 e. The molecule has 0 aliphatic carbocycles. The fourth-order valence-corrected chi connectivity index (χ4v) is 10.2. The van der Waals surface area contributed by atoms with Gasteiger partial charge >= 0.3 is 17.9 Å². The zero-order chi connectivity index (χ0) is 53.6. The van der Waals surface area contributed by atoms with Crippen LogP contribution in [-0.2, 0) is 28.6 Å². The Morgan fingerprint density at radius 3 is 0.770 bits per heavy atom. The zero-order valence-electron chi connectivity index (χ0n) is 50.1. The molecule has 0 radical (unpaired) electrons. The van der Waals surface area contributed by atoms with E-state index in [1.165, 1.54) is 263 Å². The van der Waals surface area contributed by atoms with E-state index in [-0.39, 0.29) is 31.1 Å². The smallest absolute Gasteiger partial charge is 0.306 e. The summed E-state index contributed by atoms with van der Waals surface area (Å²) in [6.07, 6.45) is 76.3. The fraction of sp³-hybridized carbons (Fsp3) is 0.897. The second kappa shape index (κ2) is 63.4. The lowest BCUT2D eigenvalue weighted by Crippen LogP contribution is -2.30. The predicted octanol–water partition coefficient (Wildman–Crippen LogP) is 22.6. The highest BCUT2D eigenvalue weighted by atomic mass is 16.6. The minimum Gasteiger partial charge on any atom is -0.462 e. The van der Waals surface area contributed by atoms with Crippen LogP contribution >= 0.6 is 0 Å². The Labute approximate surface area is 462 Å². The summed E-state index contributed by atoms with van der Waals surface area (Å²) in [4.78, 5) is 38.3. The molecule has 0 saturated heterocycles. The molecule has 436 valence electrons. The molecular weight excluding hydrogens is 913 g/mol. The Hall–Kier alpha value is -2.11. The van der Waals surface area contributed by atoms with E-state index in [4.69, 9.17) is 14.2 Å². The van der Waals surface area contributed by atoms with Crippen molar-refractivity contribution in [3.05, 3.63) is 24.3 Å². The number of carbonyl (C=O) groups excluding carboxylic acids is 3. The van der Waals surface area contributed by atoms with Crippen molar-refractivity contribution in [2.75, 3.05) is 13.2 Å². The monoisotopic (exact) mass is 1040 g/mol. The van der Waals surface area contributed by atoms with Gasteiger partial charge in [0.2, 0.25) is 0 Å². The average molecular weight is 1040 g/mol. The Kier molecular flexibility index (Phi) is 61.6. The van der Waals surface area contributed by atoms with Gasteiger partial charge in [-0.05, 0) is 51.4 Å². The van der Waals surface area contributed by atoms with Crippen LogP contribution in [0.15, 0.2) is 24.3 Å². The molecule has 1 atom stereocenters. The van der Waals surface area contributed by atoms with Crippen molar-refractivity contribution in [1.82, 2.24) is 0 Å². The molecule has 6 nitrogen and oxygen atoms in total. The van der Waals surface area contributed by atoms with E-state index in [2.05, 4.69) is 45.1 Å². The van der Waals surface area contributed by atoms with Crippen LogP contribution in [0.1, 0.15) is 374 Å². The third-order valence-corrected chi connectivity index (χ3v) is 15.2. The van der Waals surface area contributed by atoms with E-state index in [1.807, 2.05) is 0 Å². The van der Waals surface area contributed by atoms with Crippen LogP contribution in [0, 0.1) is 0 Å². The van der Waals surface area contributed by atoms with Gasteiger partial charge in [0.1, 0.15) is 13.2 Å². The molecule has 74 heavy (non-hydrogen) atoms. The Bertz CT molecular complexity index is 1190. The summed E-state index contributed by atoms with van der Waals surface area (Å²) in [5.41, 5.74) is 0. The largest absolute Gasteiger partial charge is 0.462 e. The lowest BCUT2D eigenvalue weighted by atomic mass is 10.0. The lowest BCUT2D eigenvalue weighted by Gasteiger charge is -2.18. The van der Waals surface area contributed by atoms with Crippen molar-refractivity contribution >= 4 is 17.9 Å². The molecular formula is C68H128O6. The highest BCUT2D eigenvalue weighted by Gasteiger charge is 2.19. The number of rotatable bonds is 62. The molecule has 0 aliphatic heterocycles. The van der Waals surface area contributed by atoms with Gasteiger partial charge in [0.05, 0.1) is 0 Å². The summed E-state index contributed by atoms with van der Waals surface area (Å²) in [5.74, 6) is -0.848. The van der Waals surface area contributed by atoms with Crippen molar-refractivity contribution in [3.8, 4) is 0 Å². The van der Waals surface area contributed by atoms with Gasteiger partial charge in [-0.1, -0.05) is 328 Å². The van der Waals surface area contributed by atoms with E-state index in [0.29, 0.717) is 19.3 Å². The summed E-state index contributed by atoms with van der Waals surface area (Å²) < 4.78 is 16.9. The van der Waals surface area contributed by atoms with Crippen molar-refractivity contribution in [1.29, 1.82) is 0 Å². The number of hydrogen-bond acceptors (Lipinski definition) is 6. The molecule has 0 bridgehead atoms. The number of allylic oxidation sites excluding steroid dienone is 4. The maximum atomic E-state index is 12.9. The average Bonchev–Trinajstić information content (AvgIpc) is 3.40. The van der Waals surface area contributed by atoms with Crippen LogP contribution in [0.5, 0.6) is 0 Å². The molecule has 0 heterocycles. The molecule has 0 aliphatic rings. The summed E-state index contributed by atoms with van der Waals surface area (Å²) >= 11 is 0. The maximum absolute atomic E-state index is 12.9. The lowest BCUT2D eigenvalue weighted by molar-refractivity contribution is -0.167. The van der Waals surface area contributed by atoms with Crippen molar-refractivity contribution in [3.63, 3.8) is 0 Å². The standard InChI is InChI=1S/C68H128O6/c1-4-7-10-13-16-19-22-25-27-29-30-31-32-33-34-35-36-37-39-40-43-46-49-52-55-58-61-67(70)73-64-65(63-72-66(69)60-57-54-51-48-45-42-24-21-18-15-12-9-6-3)74-68(71)62-59-56-53-50-47-44-41-38-28-26-23-20-17-14-11-8-5-2/h17,20,26,28,65H,4-16,18-19,21-25,27,29-64H2,1-3H3/b20-17-,28-26-. The first-order chi connectivity index (χ1) is 36.5. The minimum atomic E-state index is -0.771. The minimum absolute atomic E-state index is 0.0684. The van der Waals surface area contributed by atoms with Crippen molar-refractivity contribution in [2.24, 2.45) is 0 Å². The van der Waals surface area contributed by atoms with Crippen molar-refractivity contribution < 1.29 is 28.6 Å². The van der Waals surface area contributed by atoms with Gasteiger partial charge in [0, 0.05) is 19.3 Å². The SMILES string of the molecule is CCCCC/C=C\C/C=C\CCCCCCCCCC(=O)OC(COC(=O)CCCCCCCCCCCCCCC)COC(=O)CCCCCCCCCCCCCCCCCCCCCCCCCCCC. The van der Waals surface area contributed by atoms with Crippen LogP contribution in [0.3, 0.4) is 0 Å². The zero-order valence-corrected chi connectivity index (χ0v) is 50.1. The first-order valence-electron chi connectivity index (χ1n) is 33.3. The third-order valence-electron chi connectivity index (χ3n) is 15.2. The Balaban J connectivity index is 4.20. The molecule has 0 saturated carbocycles. The molecule has 1 unspecified atom stereocenters. The van der Waals surface area contributed by atoms with Gasteiger partial charge in [-0.3, -0.25) is 14.4 Å². The van der Waals surface area contributed by atoms with E-state index in [9.17, 15) is 14.4 Å². The van der Waals surface area contributed by atoms with Gasteiger partial charge in [0.15, 0.2) is 6.10 Å². The van der Waals surface area contributed by atoms with Gasteiger partial charge in [-0.15, -0.1) is 0 Å². The van der Waals surface area contributed by atoms with Crippen LogP contribution < -0.4 is 0 Å². The Morgan fingerprint density at radius 1 is 0.270 bits per heavy atom. The van der Waals surface area contributed by atoms with E-state index < -0.39 is 6.10 Å². The van der Waals surface area contributed by atoms with Gasteiger partial charge in [-0.25, -0.2) is 0 Å². The summed E-state index contributed by atoms with van der Waals surface area (Å²) in [5, 5.41) is 0. The highest BCUT2D eigenvalue weighted by molar-refractivity contribution is 5.71. The van der Waals surface area contributed by atoms with Crippen LogP contribution in [0.4, 0.5) is 0 Å². The fourth-order valence-electron chi connectivity index (χ4n) is 10.2. The number of hydrogen-bond donors (Lipinski definition) is 0. The first kappa shape index (κ1) is 71.9. The Morgan fingerprint density at radius 2 is 0.486 bits per heavy atom. The molecule has 0 aromatic rings. The molecule has 6 heteroatoms. The third kappa shape index (κ3) is 60.8. The molecule has 0 aromatic carbocycles. The van der Waals surface area contributed by atoms with E-state index in [1.54, 1.807) is 0 Å². The predicted molar refractivity (Wildman–Crippen MR) is 321 cm³/mol. The van der Waals surface area contributed by atoms with Crippen LogP contribution in [0.2, 0.25) is 0 Å².